The number of hydrogen-bond donors (Lipinski definition) is 1. The molecule has 0 spiro atoms. The summed E-state index contributed by atoms with van der Waals surface area (Å²) in [4.78, 5) is 14.6. The van der Waals surface area contributed by atoms with Gasteiger partial charge in [-0.25, -0.2) is 0 Å². The first kappa shape index (κ1) is 17.5. The molecule has 0 saturated carbocycles. The van der Waals surface area contributed by atoms with Gasteiger partial charge in [-0.15, -0.1) is 0 Å². The number of benzene rings is 1. The Bertz CT molecular complexity index is 737. The SMILES string of the molecule is COc1ccc(C(C)(O)C2CCCN2C(=O)Cc2ccn(C)n2)cc1. The number of carbonyl (C=O) groups excluding carboxylic acids is 1. The Kier molecular flexibility index (Phi) is 4.81. The number of amides is 1. The van der Waals surface area contributed by atoms with E-state index in [4.69, 9.17) is 4.74 Å². The lowest BCUT2D eigenvalue weighted by atomic mass is 9.86. The van der Waals surface area contributed by atoms with E-state index in [9.17, 15) is 9.90 Å². The second-order valence-electron chi connectivity index (χ2n) is 6.78. The van der Waals surface area contributed by atoms with Crippen molar-refractivity contribution in [2.75, 3.05) is 13.7 Å². The van der Waals surface area contributed by atoms with Crippen molar-refractivity contribution in [3.05, 3.63) is 47.8 Å². The summed E-state index contributed by atoms with van der Waals surface area (Å²) in [7, 11) is 3.45. The number of ether oxygens (including phenoxy) is 1. The quantitative estimate of drug-likeness (QED) is 0.900. The standard InChI is InChI=1S/C19H25N3O3/c1-19(24,14-6-8-16(25-3)9-7-14)17-5-4-11-22(17)18(23)13-15-10-12-21(2)20-15/h6-10,12,17,24H,4-5,11,13H2,1-3H3. The predicted molar refractivity (Wildman–Crippen MR) is 94.2 cm³/mol. The smallest absolute Gasteiger partial charge is 0.229 e. The van der Waals surface area contributed by atoms with Gasteiger partial charge in [0.25, 0.3) is 0 Å². The van der Waals surface area contributed by atoms with Gasteiger partial charge in [0.05, 0.1) is 25.3 Å². The summed E-state index contributed by atoms with van der Waals surface area (Å²) in [5.41, 5.74) is 0.431. The molecule has 2 heterocycles. The predicted octanol–water partition coefficient (Wildman–Crippen LogP) is 1.87. The summed E-state index contributed by atoms with van der Waals surface area (Å²) < 4.78 is 6.87. The summed E-state index contributed by atoms with van der Waals surface area (Å²) in [5.74, 6) is 0.754. The van der Waals surface area contributed by atoms with Crippen LogP contribution in [0.2, 0.25) is 0 Å². The fraction of sp³-hybridized carbons (Fsp3) is 0.474. The van der Waals surface area contributed by atoms with Crippen LogP contribution < -0.4 is 4.74 Å². The number of aliphatic hydroxyl groups is 1. The minimum atomic E-state index is -1.11. The molecule has 2 unspecified atom stereocenters. The van der Waals surface area contributed by atoms with Gasteiger partial charge in [-0.3, -0.25) is 9.48 Å². The van der Waals surface area contributed by atoms with Gasteiger partial charge in [0.1, 0.15) is 11.4 Å². The van der Waals surface area contributed by atoms with Crippen molar-refractivity contribution < 1.29 is 14.6 Å². The molecule has 6 nitrogen and oxygen atoms in total. The van der Waals surface area contributed by atoms with Crippen molar-refractivity contribution in [2.45, 2.75) is 37.8 Å². The van der Waals surface area contributed by atoms with Crippen molar-refractivity contribution in [1.29, 1.82) is 0 Å². The number of aryl methyl sites for hydroxylation is 1. The van der Waals surface area contributed by atoms with Crippen LogP contribution in [0.1, 0.15) is 31.0 Å². The zero-order valence-electron chi connectivity index (χ0n) is 15.0. The highest BCUT2D eigenvalue weighted by Gasteiger charge is 2.42. The normalized spacial score (nSPS) is 19.7. The van der Waals surface area contributed by atoms with Gasteiger partial charge in [0.15, 0.2) is 0 Å². The molecule has 1 aromatic carbocycles. The summed E-state index contributed by atoms with van der Waals surface area (Å²) in [6, 6.07) is 9.00. The molecule has 3 rings (SSSR count). The van der Waals surface area contributed by atoms with Gasteiger partial charge in [-0.2, -0.15) is 5.10 Å². The average Bonchev–Trinajstić information content (AvgIpc) is 3.24. The molecule has 1 saturated heterocycles. The number of carbonyl (C=O) groups is 1. The lowest BCUT2D eigenvalue weighted by Crippen LogP contribution is -2.48. The molecule has 1 aliphatic rings. The Labute approximate surface area is 148 Å². The van der Waals surface area contributed by atoms with Crippen LogP contribution >= 0.6 is 0 Å². The highest BCUT2D eigenvalue weighted by Crippen LogP contribution is 2.35. The van der Waals surface area contributed by atoms with Crippen molar-refractivity contribution in [2.24, 2.45) is 7.05 Å². The summed E-state index contributed by atoms with van der Waals surface area (Å²) >= 11 is 0. The van der Waals surface area contributed by atoms with Crippen LogP contribution in [0.15, 0.2) is 36.5 Å². The van der Waals surface area contributed by atoms with Crippen molar-refractivity contribution in [3.8, 4) is 5.75 Å². The molecular formula is C19H25N3O3. The average molecular weight is 343 g/mol. The molecule has 134 valence electrons. The molecule has 1 N–H and O–H groups in total. The Morgan fingerprint density at radius 2 is 2.08 bits per heavy atom. The van der Waals surface area contributed by atoms with Crippen LogP contribution in [0.3, 0.4) is 0 Å². The third kappa shape index (κ3) is 3.54. The minimum Gasteiger partial charge on any atom is -0.497 e. The number of rotatable bonds is 5. The molecule has 0 radical (unpaired) electrons. The Morgan fingerprint density at radius 1 is 1.36 bits per heavy atom. The van der Waals surface area contributed by atoms with Gasteiger partial charge in [0, 0.05) is 19.8 Å². The lowest BCUT2D eigenvalue weighted by Gasteiger charge is -2.37. The summed E-state index contributed by atoms with van der Waals surface area (Å²) in [6.45, 7) is 2.45. The molecule has 1 amide bonds. The van der Waals surface area contributed by atoms with Crippen molar-refractivity contribution in [1.82, 2.24) is 14.7 Å². The molecule has 1 aromatic heterocycles. The molecule has 6 heteroatoms. The van der Waals surface area contributed by atoms with E-state index in [0.717, 1.165) is 29.8 Å². The number of aromatic nitrogens is 2. The van der Waals surface area contributed by atoms with E-state index in [0.29, 0.717) is 6.54 Å². The zero-order valence-corrected chi connectivity index (χ0v) is 15.0. The molecule has 25 heavy (non-hydrogen) atoms. The zero-order chi connectivity index (χ0) is 18.0. The van der Waals surface area contributed by atoms with E-state index >= 15 is 0 Å². The first-order valence-electron chi connectivity index (χ1n) is 8.56. The Balaban J connectivity index is 1.77. The molecule has 2 aromatic rings. The van der Waals surface area contributed by atoms with Crippen molar-refractivity contribution >= 4 is 5.91 Å². The van der Waals surface area contributed by atoms with Crippen LogP contribution in [-0.2, 0) is 23.9 Å². The highest BCUT2D eigenvalue weighted by molar-refractivity contribution is 5.79. The minimum absolute atomic E-state index is 0.00925. The number of nitrogens with zero attached hydrogens (tertiary/aromatic N) is 3. The van der Waals surface area contributed by atoms with Crippen LogP contribution in [-0.4, -0.2) is 45.4 Å². The van der Waals surface area contributed by atoms with Gasteiger partial charge in [-0.1, -0.05) is 12.1 Å². The lowest BCUT2D eigenvalue weighted by molar-refractivity contribution is -0.137. The summed E-state index contributed by atoms with van der Waals surface area (Å²) in [6.07, 6.45) is 3.77. The highest BCUT2D eigenvalue weighted by atomic mass is 16.5. The first-order valence-corrected chi connectivity index (χ1v) is 8.56. The number of hydrogen-bond acceptors (Lipinski definition) is 4. The Morgan fingerprint density at radius 3 is 2.68 bits per heavy atom. The van der Waals surface area contributed by atoms with E-state index in [1.54, 1.807) is 23.6 Å². The third-order valence-electron chi connectivity index (χ3n) is 5.00. The third-order valence-corrected chi connectivity index (χ3v) is 5.00. The second-order valence-corrected chi connectivity index (χ2v) is 6.78. The molecule has 0 aliphatic carbocycles. The van der Waals surface area contributed by atoms with Crippen LogP contribution in [0.4, 0.5) is 0 Å². The van der Waals surface area contributed by atoms with E-state index in [1.807, 2.05) is 43.6 Å². The maximum absolute atomic E-state index is 12.8. The van der Waals surface area contributed by atoms with E-state index in [-0.39, 0.29) is 18.4 Å². The molecule has 1 fully saturated rings. The van der Waals surface area contributed by atoms with Gasteiger partial charge >= 0.3 is 0 Å². The fourth-order valence-corrected chi connectivity index (χ4v) is 3.58. The van der Waals surface area contributed by atoms with Gasteiger partial charge in [-0.05, 0) is 43.5 Å². The van der Waals surface area contributed by atoms with E-state index < -0.39 is 5.60 Å². The first-order chi connectivity index (χ1) is 11.9. The van der Waals surface area contributed by atoms with E-state index in [1.165, 1.54) is 0 Å². The monoisotopic (exact) mass is 343 g/mol. The number of methoxy groups -OCH3 is 1. The molecular weight excluding hydrogens is 318 g/mol. The molecule has 0 bridgehead atoms. The summed E-state index contributed by atoms with van der Waals surface area (Å²) in [5, 5.41) is 15.5. The van der Waals surface area contributed by atoms with Crippen LogP contribution in [0, 0.1) is 0 Å². The number of likely N-dealkylation sites (tertiary alicyclic amines) is 1. The van der Waals surface area contributed by atoms with Crippen LogP contribution in [0.25, 0.3) is 0 Å². The second kappa shape index (κ2) is 6.88. The van der Waals surface area contributed by atoms with Crippen molar-refractivity contribution in [3.63, 3.8) is 0 Å². The largest absolute Gasteiger partial charge is 0.497 e. The van der Waals surface area contributed by atoms with Crippen LogP contribution in [0.5, 0.6) is 5.75 Å². The maximum Gasteiger partial charge on any atom is 0.229 e. The maximum atomic E-state index is 12.8. The topological polar surface area (TPSA) is 67.6 Å². The fourth-order valence-electron chi connectivity index (χ4n) is 3.58. The Hall–Kier alpha value is -2.34. The van der Waals surface area contributed by atoms with Gasteiger partial charge in [0.2, 0.25) is 5.91 Å². The van der Waals surface area contributed by atoms with E-state index in [2.05, 4.69) is 5.10 Å². The molecule has 2 atom stereocenters. The van der Waals surface area contributed by atoms with Gasteiger partial charge < -0.3 is 14.7 Å². The molecule has 1 aliphatic heterocycles.